The number of hydrogen-bond acceptors (Lipinski definition) is 6. The van der Waals surface area contributed by atoms with Crippen molar-refractivity contribution in [3.05, 3.63) is 66.6 Å². The summed E-state index contributed by atoms with van der Waals surface area (Å²) in [5.74, 6) is 2.45. The molecule has 2 aromatic carbocycles. The van der Waals surface area contributed by atoms with Crippen molar-refractivity contribution in [2.45, 2.75) is 11.7 Å². The Balaban J connectivity index is 1.31. The lowest BCUT2D eigenvalue weighted by atomic mass is 10.1. The lowest BCUT2D eigenvalue weighted by Gasteiger charge is -2.07. The number of fused-ring (bicyclic) bond motifs is 1. The van der Waals surface area contributed by atoms with Crippen molar-refractivity contribution in [1.29, 1.82) is 0 Å². The van der Waals surface area contributed by atoms with Gasteiger partial charge in [-0.25, -0.2) is 4.68 Å². The molecule has 6 nitrogen and oxygen atoms in total. The van der Waals surface area contributed by atoms with Gasteiger partial charge in [0.25, 0.3) is 0 Å². The fourth-order valence-electron chi connectivity index (χ4n) is 2.50. The van der Waals surface area contributed by atoms with E-state index in [9.17, 15) is 0 Å². The number of aromatic nitrogens is 4. The third-order valence-electron chi connectivity index (χ3n) is 3.69. The number of thioether (sulfide) groups is 1. The number of tetrazole rings is 1. The quantitative estimate of drug-likeness (QED) is 0.374. The van der Waals surface area contributed by atoms with Crippen LogP contribution in [0.1, 0.15) is 5.76 Å². The molecular weight excluding hydrogens is 336 g/mol. The Labute approximate surface area is 148 Å². The lowest BCUT2D eigenvalue weighted by molar-refractivity contribution is 0.344. The van der Waals surface area contributed by atoms with E-state index in [1.807, 2.05) is 30.3 Å². The van der Waals surface area contributed by atoms with Gasteiger partial charge in [0, 0.05) is 5.75 Å². The molecule has 0 radical (unpaired) electrons. The fourth-order valence-corrected chi connectivity index (χ4v) is 3.19. The molecule has 2 aromatic heterocycles. The highest BCUT2D eigenvalue weighted by Gasteiger charge is 2.08. The first-order valence-electron chi connectivity index (χ1n) is 7.91. The van der Waals surface area contributed by atoms with Crippen LogP contribution in [0.25, 0.3) is 10.8 Å². The van der Waals surface area contributed by atoms with Crippen LogP contribution in [0.15, 0.2) is 70.4 Å². The first-order valence-corrected chi connectivity index (χ1v) is 8.90. The Bertz CT molecular complexity index is 953. The van der Waals surface area contributed by atoms with Crippen LogP contribution in [0.2, 0.25) is 0 Å². The van der Waals surface area contributed by atoms with Gasteiger partial charge in [-0.2, -0.15) is 0 Å². The Morgan fingerprint density at radius 2 is 1.96 bits per heavy atom. The van der Waals surface area contributed by atoms with Crippen LogP contribution in [0, 0.1) is 0 Å². The van der Waals surface area contributed by atoms with Crippen molar-refractivity contribution in [2.24, 2.45) is 0 Å². The van der Waals surface area contributed by atoms with Crippen molar-refractivity contribution in [2.75, 3.05) is 12.4 Å². The third-order valence-corrected chi connectivity index (χ3v) is 4.61. The zero-order valence-corrected chi connectivity index (χ0v) is 14.2. The van der Waals surface area contributed by atoms with Crippen LogP contribution >= 0.6 is 11.8 Å². The molecule has 2 heterocycles. The molecule has 0 amide bonds. The largest absolute Gasteiger partial charge is 0.493 e. The fraction of sp³-hybridized carbons (Fsp3) is 0.167. The summed E-state index contributed by atoms with van der Waals surface area (Å²) in [7, 11) is 0. The number of rotatable bonds is 7. The average Bonchev–Trinajstić information content (AvgIpc) is 3.31. The summed E-state index contributed by atoms with van der Waals surface area (Å²) in [6.07, 6.45) is 1.64. The molecule has 0 unspecified atom stereocenters. The normalized spacial score (nSPS) is 11.0. The van der Waals surface area contributed by atoms with Gasteiger partial charge in [-0.05, 0) is 45.5 Å². The van der Waals surface area contributed by atoms with Crippen LogP contribution in [-0.4, -0.2) is 32.6 Å². The monoisotopic (exact) mass is 352 g/mol. The second-order valence-corrected chi connectivity index (χ2v) is 6.47. The Kier molecular flexibility index (Phi) is 4.65. The predicted octanol–water partition coefficient (Wildman–Crippen LogP) is 3.64. The molecule has 0 spiro atoms. The minimum Gasteiger partial charge on any atom is -0.493 e. The lowest BCUT2D eigenvalue weighted by Crippen LogP contribution is -2.05. The highest BCUT2D eigenvalue weighted by atomic mass is 32.2. The van der Waals surface area contributed by atoms with Crippen molar-refractivity contribution in [3.8, 4) is 5.75 Å². The topological polar surface area (TPSA) is 66.0 Å². The molecule has 0 saturated heterocycles. The molecule has 0 saturated carbocycles. The maximum atomic E-state index is 5.84. The van der Waals surface area contributed by atoms with Gasteiger partial charge in [0.1, 0.15) is 18.1 Å². The summed E-state index contributed by atoms with van der Waals surface area (Å²) >= 11 is 1.56. The van der Waals surface area contributed by atoms with E-state index in [4.69, 9.17) is 9.15 Å². The summed E-state index contributed by atoms with van der Waals surface area (Å²) in [5, 5.41) is 14.9. The number of hydrogen-bond donors (Lipinski definition) is 0. The van der Waals surface area contributed by atoms with E-state index in [0.717, 1.165) is 22.4 Å². The van der Waals surface area contributed by atoms with Crippen molar-refractivity contribution >= 4 is 22.5 Å². The van der Waals surface area contributed by atoms with Gasteiger partial charge in [0.05, 0.1) is 12.9 Å². The summed E-state index contributed by atoms with van der Waals surface area (Å²) < 4.78 is 12.9. The summed E-state index contributed by atoms with van der Waals surface area (Å²) in [6, 6.07) is 18.1. The molecule has 0 N–H and O–H groups in total. The maximum absolute atomic E-state index is 5.84. The highest BCUT2D eigenvalue weighted by molar-refractivity contribution is 7.99. The number of furan rings is 1. The molecule has 0 atom stereocenters. The van der Waals surface area contributed by atoms with E-state index >= 15 is 0 Å². The summed E-state index contributed by atoms with van der Waals surface area (Å²) in [4.78, 5) is 0. The number of benzene rings is 2. The first-order chi connectivity index (χ1) is 12.4. The van der Waals surface area contributed by atoms with Crippen molar-refractivity contribution < 1.29 is 9.15 Å². The van der Waals surface area contributed by atoms with Crippen molar-refractivity contribution in [1.82, 2.24) is 20.2 Å². The zero-order chi connectivity index (χ0) is 16.9. The molecular formula is C18H16N4O2S. The van der Waals surface area contributed by atoms with Gasteiger partial charge in [0.15, 0.2) is 0 Å². The van der Waals surface area contributed by atoms with Gasteiger partial charge < -0.3 is 9.15 Å². The molecule has 7 heteroatoms. The molecule has 4 rings (SSSR count). The molecule has 0 fully saturated rings. The van der Waals surface area contributed by atoms with Gasteiger partial charge in [-0.3, -0.25) is 0 Å². The molecule has 0 aliphatic carbocycles. The van der Waals surface area contributed by atoms with Gasteiger partial charge in [-0.15, -0.1) is 5.10 Å². The molecule has 0 aliphatic rings. The average molecular weight is 352 g/mol. The van der Waals surface area contributed by atoms with Crippen LogP contribution in [-0.2, 0) is 6.54 Å². The van der Waals surface area contributed by atoms with E-state index in [2.05, 4.69) is 39.8 Å². The van der Waals surface area contributed by atoms with Crippen LogP contribution in [0.4, 0.5) is 0 Å². The van der Waals surface area contributed by atoms with E-state index < -0.39 is 0 Å². The second-order valence-electron chi connectivity index (χ2n) is 5.40. The number of ether oxygens (including phenoxy) is 1. The standard InChI is InChI=1S/C18H16N4O2S/c1-2-5-15-12-16(8-7-14(15)4-1)24-10-11-25-18-19-20-21-22(18)13-17-6-3-9-23-17/h1-9,12H,10-11,13H2. The summed E-state index contributed by atoms with van der Waals surface area (Å²) in [6.45, 7) is 1.10. The van der Waals surface area contributed by atoms with E-state index in [0.29, 0.717) is 13.2 Å². The third kappa shape index (κ3) is 3.83. The molecule has 126 valence electrons. The van der Waals surface area contributed by atoms with Crippen LogP contribution in [0.3, 0.4) is 0 Å². The van der Waals surface area contributed by atoms with E-state index in [1.165, 1.54) is 10.8 Å². The molecule has 0 bridgehead atoms. The Morgan fingerprint density at radius 3 is 2.84 bits per heavy atom. The smallest absolute Gasteiger partial charge is 0.209 e. The molecule has 4 aromatic rings. The Morgan fingerprint density at radius 1 is 1.04 bits per heavy atom. The Hall–Kier alpha value is -2.80. The van der Waals surface area contributed by atoms with Crippen LogP contribution in [0.5, 0.6) is 5.75 Å². The minimum absolute atomic E-state index is 0.522. The molecule has 0 aliphatic heterocycles. The maximum Gasteiger partial charge on any atom is 0.209 e. The van der Waals surface area contributed by atoms with Crippen LogP contribution < -0.4 is 4.74 Å². The first kappa shape index (κ1) is 15.7. The SMILES string of the molecule is c1coc(Cn2nnnc2SCCOc2ccc3ccccc3c2)c1. The molecule has 25 heavy (non-hydrogen) atoms. The van der Waals surface area contributed by atoms with Gasteiger partial charge in [0.2, 0.25) is 5.16 Å². The summed E-state index contributed by atoms with van der Waals surface area (Å²) in [5.41, 5.74) is 0. The van der Waals surface area contributed by atoms with Crippen molar-refractivity contribution in [3.63, 3.8) is 0 Å². The van der Waals surface area contributed by atoms with Gasteiger partial charge in [-0.1, -0.05) is 42.1 Å². The highest BCUT2D eigenvalue weighted by Crippen LogP contribution is 2.21. The van der Waals surface area contributed by atoms with Gasteiger partial charge >= 0.3 is 0 Å². The second kappa shape index (κ2) is 7.40. The van der Waals surface area contributed by atoms with E-state index in [1.54, 1.807) is 22.7 Å². The van der Waals surface area contributed by atoms with E-state index in [-0.39, 0.29) is 0 Å². The minimum atomic E-state index is 0.522. The zero-order valence-electron chi connectivity index (χ0n) is 13.4. The predicted molar refractivity (Wildman–Crippen MR) is 95.8 cm³/mol. The number of nitrogens with zero attached hydrogens (tertiary/aromatic N) is 4.